The van der Waals surface area contributed by atoms with Gasteiger partial charge >= 0.3 is 0 Å². The first-order valence-electron chi connectivity index (χ1n) is 9.23. The fourth-order valence-corrected chi connectivity index (χ4v) is 2.55. The maximum Gasteiger partial charge on any atom is 0.262 e. The van der Waals surface area contributed by atoms with E-state index >= 15 is 0 Å². The fourth-order valence-electron chi connectivity index (χ4n) is 2.55. The lowest BCUT2D eigenvalue weighted by atomic mass is 9.86. The third kappa shape index (κ3) is 6.94. The van der Waals surface area contributed by atoms with Gasteiger partial charge in [0.25, 0.3) is 5.91 Å². The van der Waals surface area contributed by atoms with E-state index in [0.29, 0.717) is 25.5 Å². The average Bonchev–Trinajstić information content (AvgIpc) is 2.64. The van der Waals surface area contributed by atoms with Gasteiger partial charge in [-0.15, -0.1) is 0 Å². The summed E-state index contributed by atoms with van der Waals surface area (Å²) in [6, 6.07) is 15.0. The number of ether oxygens (including phenoxy) is 3. The Morgan fingerprint density at radius 3 is 2.33 bits per heavy atom. The Morgan fingerprint density at radius 1 is 0.963 bits per heavy atom. The molecular weight excluding hydrogens is 342 g/mol. The number of rotatable bonds is 9. The van der Waals surface area contributed by atoms with Gasteiger partial charge in [-0.1, -0.05) is 39.0 Å². The summed E-state index contributed by atoms with van der Waals surface area (Å²) in [6.07, 6.45) is 0. The van der Waals surface area contributed by atoms with Crippen molar-refractivity contribution in [3.05, 3.63) is 54.1 Å². The van der Waals surface area contributed by atoms with Crippen LogP contribution in [0.15, 0.2) is 48.5 Å². The molecule has 0 radical (unpaired) electrons. The van der Waals surface area contributed by atoms with Crippen molar-refractivity contribution in [2.45, 2.75) is 33.1 Å². The first-order chi connectivity index (χ1) is 12.9. The van der Waals surface area contributed by atoms with Gasteiger partial charge in [0.1, 0.15) is 18.1 Å². The van der Waals surface area contributed by atoms with Gasteiger partial charge in [-0.05, 0) is 48.2 Å². The largest absolute Gasteiger partial charge is 0.491 e. The molecule has 0 heterocycles. The number of benzene rings is 2. The monoisotopic (exact) mass is 371 g/mol. The Hall–Kier alpha value is -2.53. The molecule has 0 bridgehead atoms. The molecule has 0 aliphatic heterocycles. The predicted molar refractivity (Wildman–Crippen MR) is 108 cm³/mol. The molecule has 1 amide bonds. The van der Waals surface area contributed by atoms with E-state index in [1.165, 1.54) is 0 Å². The van der Waals surface area contributed by atoms with Crippen molar-refractivity contribution in [2.75, 3.05) is 31.7 Å². The van der Waals surface area contributed by atoms with E-state index in [9.17, 15) is 4.79 Å². The average molecular weight is 371 g/mol. The summed E-state index contributed by atoms with van der Waals surface area (Å²) in [5.41, 5.74) is 1.72. The summed E-state index contributed by atoms with van der Waals surface area (Å²) in [7, 11) is 0. The van der Waals surface area contributed by atoms with Crippen LogP contribution in [0.5, 0.6) is 11.5 Å². The molecule has 0 unspecified atom stereocenters. The molecule has 0 saturated carbocycles. The summed E-state index contributed by atoms with van der Waals surface area (Å²) in [6.45, 7) is 10.00. The molecule has 5 nitrogen and oxygen atoms in total. The summed E-state index contributed by atoms with van der Waals surface area (Å²) in [5, 5.41) is 2.83. The van der Waals surface area contributed by atoms with Crippen LogP contribution < -0.4 is 14.8 Å². The Morgan fingerprint density at radius 2 is 1.67 bits per heavy atom. The standard InChI is InChI=1S/C22H29NO4/c1-5-25-14-15-26-18-12-10-17(11-13-18)23-21(24)16-27-20-9-7-6-8-19(20)22(2,3)4/h6-13H,5,14-16H2,1-4H3,(H,23,24). The van der Waals surface area contributed by atoms with Crippen molar-refractivity contribution in [3.63, 3.8) is 0 Å². The molecule has 146 valence electrons. The molecule has 5 heteroatoms. The molecule has 0 atom stereocenters. The van der Waals surface area contributed by atoms with Crippen molar-refractivity contribution in [2.24, 2.45) is 0 Å². The SMILES string of the molecule is CCOCCOc1ccc(NC(=O)COc2ccccc2C(C)(C)C)cc1. The van der Waals surface area contributed by atoms with Gasteiger partial charge in [0.05, 0.1) is 6.61 Å². The molecule has 2 rings (SSSR count). The molecule has 2 aromatic carbocycles. The van der Waals surface area contributed by atoms with Crippen molar-refractivity contribution in [1.82, 2.24) is 0 Å². The van der Waals surface area contributed by atoms with Gasteiger partial charge in [0, 0.05) is 12.3 Å². The molecule has 0 fully saturated rings. The van der Waals surface area contributed by atoms with Crippen LogP contribution in [0.4, 0.5) is 5.69 Å². The molecule has 0 spiro atoms. The number of carbonyl (C=O) groups excluding carboxylic acids is 1. The number of amides is 1. The Balaban J connectivity index is 1.84. The lowest BCUT2D eigenvalue weighted by molar-refractivity contribution is -0.118. The first kappa shape index (κ1) is 20.8. The lowest BCUT2D eigenvalue weighted by Crippen LogP contribution is -2.21. The van der Waals surface area contributed by atoms with Gasteiger partial charge in [-0.2, -0.15) is 0 Å². The van der Waals surface area contributed by atoms with Gasteiger partial charge in [-0.3, -0.25) is 4.79 Å². The van der Waals surface area contributed by atoms with Crippen LogP contribution in [-0.4, -0.2) is 32.3 Å². The smallest absolute Gasteiger partial charge is 0.262 e. The van der Waals surface area contributed by atoms with Crippen molar-refractivity contribution >= 4 is 11.6 Å². The molecule has 0 saturated heterocycles. The number of nitrogens with one attached hydrogen (secondary N) is 1. The van der Waals surface area contributed by atoms with E-state index in [1.54, 1.807) is 12.1 Å². The first-order valence-corrected chi connectivity index (χ1v) is 9.23. The zero-order valence-electron chi connectivity index (χ0n) is 16.6. The minimum Gasteiger partial charge on any atom is -0.491 e. The molecule has 2 aromatic rings. The highest BCUT2D eigenvalue weighted by Crippen LogP contribution is 2.30. The maximum absolute atomic E-state index is 12.2. The van der Waals surface area contributed by atoms with Gasteiger partial charge in [0.15, 0.2) is 6.61 Å². The third-order valence-corrected chi connectivity index (χ3v) is 3.89. The van der Waals surface area contributed by atoms with Crippen LogP contribution in [0.2, 0.25) is 0 Å². The van der Waals surface area contributed by atoms with E-state index < -0.39 is 0 Å². The van der Waals surface area contributed by atoms with Gasteiger partial charge in [-0.25, -0.2) is 0 Å². The fraction of sp³-hybridized carbons (Fsp3) is 0.409. The van der Waals surface area contributed by atoms with Crippen LogP contribution in [-0.2, 0) is 14.9 Å². The molecule has 0 aliphatic carbocycles. The molecule has 27 heavy (non-hydrogen) atoms. The quantitative estimate of drug-likeness (QED) is 0.663. The Labute approximate surface area is 161 Å². The van der Waals surface area contributed by atoms with E-state index in [4.69, 9.17) is 14.2 Å². The van der Waals surface area contributed by atoms with E-state index in [0.717, 1.165) is 17.1 Å². The number of hydrogen-bond donors (Lipinski definition) is 1. The topological polar surface area (TPSA) is 56.8 Å². The minimum absolute atomic E-state index is 0.0420. The lowest BCUT2D eigenvalue weighted by Gasteiger charge is -2.22. The van der Waals surface area contributed by atoms with Crippen LogP contribution in [0.25, 0.3) is 0 Å². The number of hydrogen-bond acceptors (Lipinski definition) is 4. The number of para-hydroxylation sites is 1. The minimum atomic E-state index is -0.205. The highest BCUT2D eigenvalue weighted by atomic mass is 16.5. The van der Waals surface area contributed by atoms with E-state index in [2.05, 4.69) is 26.1 Å². The highest BCUT2D eigenvalue weighted by molar-refractivity contribution is 5.91. The number of anilines is 1. The number of carbonyl (C=O) groups is 1. The zero-order valence-corrected chi connectivity index (χ0v) is 16.6. The molecular formula is C22H29NO4. The Bertz CT molecular complexity index is 720. The van der Waals surface area contributed by atoms with Crippen LogP contribution in [0, 0.1) is 0 Å². The highest BCUT2D eigenvalue weighted by Gasteiger charge is 2.18. The summed E-state index contributed by atoms with van der Waals surface area (Å²) in [5.74, 6) is 1.27. The van der Waals surface area contributed by atoms with Crippen molar-refractivity contribution in [1.29, 1.82) is 0 Å². The second-order valence-corrected chi connectivity index (χ2v) is 7.15. The van der Waals surface area contributed by atoms with Crippen LogP contribution >= 0.6 is 0 Å². The third-order valence-electron chi connectivity index (χ3n) is 3.89. The Kier molecular flexibility index (Phi) is 7.67. The zero-order chi connectivity index (χ0) is 19.7. The summed E-state index contributed by atoms with van der Waals surface area (Å²) in [4.78, 5) is 12.2. The molecule has 0 aliphatic rings. The molecule has 0 aromatic heterocycles. The van der Waals surface area contributed by atoms with Crippen LogP contribution in [0.3, 0.4) is 0 Å². The summed E-state index contributed by atoms with van der Waals surface area (Å²) >= 11 is 0. The maximum atomic E-state index is 12.2. The van der Waals surface area contributed by atoms with E-state index in [-0.39, 0.29) is 17.9 Å². The van der Waals surface area contributed by atoms with Crippen molar-refractivity contribution in [3.8, 4) is 11.5 Å². The molecule has 1 N–H and O–H groups in total. The predicted octanol–water partition coefficient (Wildman–Crippen LogP) is 4.42. The van der Waals surface area contributed by atoms with E-state index in [1.807, 2.05) is 43.3 Å². The normalized spacial score (nSPS) is 11.1. The van der Waals surface area contributed by atoms with Gasteiger partial charge < -0.3 is 19.5 Å². The summed E-state index contributed by atoms with van der Waals surface area (Å²) < 4.78 is 16.5. The second kappa shape index (κ2) is 9.97. The van der Waals surface area contributed by atoms with Crippen LogP contribution in [0.1, 0.15) is 33.3 Å². The second-order valence-electron chi connectivity index (χ2n) is 7.15. The van der Waals surface area contributed by atoms with Gasteiger partial charge in [0.2, 0.25) is 0 Å². The van der Waals surface area contributed by atoms with Crippen molar-refractivity contribution < 1.29 is 19.0 Å².